The van der Waals surface area contributed by atoms with Crippen molar-refractivity contribution < 1.29 is 14.2 Å². The third-order valence-electron chi connectivity index (χ3n) is 9.24. The van der Waals surface area contributed by atoms with Crippen LogP contribution in [0.2, 0.25) is 0 Å². The first kappa shape index (κ1) is 32.1. The lowest BCUT2D eigenvalue weighted by Crippen LogP contribution is -2.46. The van der Waals surface area contributed by atoms with Crippen LogP contribution in [-0.2, 0) is 21.8 Å². The highest BCUT2D eigenvalue weighted by Gasteiger charge is 2.44. The molecule has 0 bridgehead atoms. The Morgan fingerprint density at radius 2 is 1.51 bits per heavy atom. The van der Waals surface area contributed by atoms with E-state index >= 15 is 0 Å². The van der Waals surface area contributed by atoms with E-state index in [9.17, 15) is 10.1 Å². The maximum atomic E-state index is 12.8. The number of nitrogens with zero attached hydrogens (tertiary/aromatic N) is 9. The molecule has 0 spiro atoms. The molecule has 0 amide bonds. The minimum atomic E-state index is -1.09. The van der Waals surface area contributed by atoms with E-state index in [2.05, 4.69) is 55.4 Å². The zero-order valence-electron chi connectivity index (χ0n) is 27.6. The van der Waals surface area contributed by atoms with Gasteiger partial charge in [0.05, 0.1) is 42.4 Å². The van der Waals surface area contributed by atoms with Crippen LogP contribution < -0.4 is 20.2 Å². The second-order valence-electron chi connectivity index (χ2n) is 12.3. The summed E-state index contributed by atoms with van der Waals surface area (Å²) in [5.74, 6) is -0.337. The van der Waals surface area contributed by atoms with Gasteiger partial charge in [-0.1, -0.05) is 19.1 Å². The lowest BCUT2D eigenvalue weighted by atomic mass is 10.0. The molecular formula is C36H39N9O4. The molecule has 0 saturated carbocycles. The van der Waals surface area contributed by atoms with Crippen LogP contribution in [-0.4, -0.2) is 74.8 Å². The zero-order valence-corrected chi connectivity index (χ0v) is 27.6. The van der Waals surface area contributed by atoms with Crippen LogP contribution in [0.15, 0.2) is 96.3 Å². The van der Waals surface area contributed by atoms with Crippen molar-refractivity contribution in [1.29, 1.82) is 5.26 Å². The van der Waals surface area contributed by atoms with Gasteiger partial charge in [-0.05, 0) is 74.0 Å². The van der Waals surface area contributed by atoms with Gasteiger partial charge in [0.25, 0.3) is 0 Å². The van der Waals surface area contributed by atoms with Gasteiger partial charge >= 0.3 is 5.69 Å². The van der Waals surface area contributed by atoms with Crippen LogP contribution in [0.5, 0.6) is 5.75 Å². The molecule has 7 rings (SSSR count). The summed E-state index contributed by atoms with van der Waals surface area (Å²) in [6.07, 6.45) is 5.36. The largest absolute Gasteiger partial charge is 0.491 e. The van der Waals surface area contributed by atoms with E-state index < -0.39 is 5.79 Å². The highest BCUT2D eigenvalue weighted by Crippen LogP contribution is 2.36. The molecule has 1 unspecified atom stereocenters. The van der Waals surface area contributed by atoms with Crippen LogP contribution >= 0.6 is 0 Å². The van der Waals surface area contributed by atoms with Gasteiger partial charge in [-0.2, -0.15) is 25.4 Å². The monoisotopic (exact) mass is 661 g/mol. The van der Waals surface area contributed by atoms with Crippen molar-refractivity contribution in [2.45, 2.75) is 44.7 Å². The molecule has 5 aromatic rings. The van der Waals surface area contributed by atoms with Crippen molar-refractivity contribution >= 4 is 11.4 Å². The molecule has 0 N–H and O–H groups in total. The Bertz CT molecular complexity index is 1920. The average Bonchev–Trinajstić information content (AvgIpc) is 3.92. The summed E-state index contributed by atoms with van der Waals surface area (Å²) in [7, 11) is 0. The Hall–Kier alpha value is -5.45. The molecule has 13 heteroatoms. The molecule has 2 saturated heterocycles. The average molecular weight is 662 g/mol. The van der Waals surface area contributed by atoms with Gasteiger partial charge in [-0.25, -0.2) is 14.0 Å². The van der Waals surface area contributed by atoms with Crippen molar-refractivity contribution in [3.05, 3.63) is 113 Å². The standard InChI is InChI=1S/C36H39N9O4/c1-3-27(2)45-35(46)43(26-40-45)32-10-8-30(9-11-32)41-18-20-42(21-19-41)31-12-14-33(15-13-31)47-23-34-24-48-36(49-34,25-44-38-16-17-39-44)29-6-4-28(22-37)5-7-29/h4-17,26-27,34H,3,18-21,23-25H2,1-2H3/t27?,34-,36-/m1/s1. The Balaban J connectivity index is 0.920. The number of hydrogen-bond donors (Lipinski definition) is 0. The number of aromatic nitrogens is 6. The van der Waals surface area contributed by atoms with Crippen LogP contribution in [0.25, 0.3) is 5.69 Å². The molecule has 0 aliphatic carbocycles. The lowest BCUT2D eigenvalue weighted by molar-refractivity contribution is -0.192. The number of hydrogen-bond acceptors (Lipinski definition) is 10. The molecule has 13 nitrogen and oxygen atoms in total. The normalized spacial score (nSPS) is 19.9. The molecule has 4 heterocycles. The Kier molecular flexibility index (Phi) is 9.15. The van der Waals surface area contributed by atoms with E-state index in [1.165, 1.54) is 9.48 Å². The van der Waals surface area contributed by atoms with E-state index in [1.54, 1.807) is 35.4 Å². The fourth-order valence-corrected chi connectivity index (χ4v) is 6.24. The predicted molar refractivity (Wildman–Crippen MR) is 183 cm³/mol. The molecule has 2 aromatic heterocycles. The second kappa shape index (κ2) is 14.0. The van der Waals surface area contributed by atoms with E-state index in [1.807, 2.05) is 50.2 Å². The third-order valence-corrected chi connectivity index (χ3v) is 9.24. The minimum Gasteiger partial charge on any atom is -0.491 e. The molecule has 2 aliphatic heterocycles. The third kappa shape index (κ3) is 6.78. The lowest BCUT2D eigenvalue weighted by Gasteiger charge is -2.37. The van der Waals surface area contributed by atoms with Gasteiger partial charge in [0, 0.05) is 43.1 Å². The molecule has 3 aromatic carbocycles. The van der Waals surface area contributed by atoms with Crippen LogP contribution in [0.1, 0.15) is 37.4 Å². The molecular weight excluding hydrogens is 622 g/mol. The Morgan fingerprint density at radius 1 is 0.898 bits per heavy atom. The molecule has 2 aliphatic rings. The number of rotatable bonds is 11. The Labute approximate surface area is 284 Å². The molecule has 2 fully saturated rings. The van der Waals surface area contributed by atoms with Crippen molar-refractivity contribution in [3.8, 4) is 17.5 Å². The number of nitriles is 1. The zero-order chi connectivity index (χ0) is 33.8. The van der Waals surface area contributed by atoms with Crippen molar-refractivity contribution in [2.75, 3.05) is 49.2 Å². The van der Waals surface area contributed by atoms with Crippen molar-refractivity contribution in [3.63, 3.8) is 0 Å². The van der Waals surface area contributed by atoms with E-state index in [0.29, 0.717) is 18.8 Å². The van der Waals surface area contributed by atoms with Crippen molar-refractivity contribution in [2.24, 2.45) is 0 Å². The smallest absolute Gasteiger partial charge is 0.350 e. The summed E-state index contributed by atoms with van der Waals surface area (Å²) in [4.78, 5) is 19.1. The number of anilines is 2. The van der Waals surface area contributed by atoms with Crippen molar-refractivity contribution in [1.82, 2.24) is 29.3 Å². The van der Waals surface area contributed by atoms with Gasteiger partial charge in [0.2, 0.25) is 5.79 Å². The number of piperazine rings is 1. The number of ether oxygens (including phenoxy) is 3. The summed E-state index contributed by atoms with van der Waals surface area (Å²) >= 11 is 0. The molecule has 49 heavy (non-hydrogen) atoms. The summed E-state index contributed by atoms with van der Waals surface area (Å²) in [5.41, 5.74) is 4.33. The van der Waals surface area contributed by atoms with Gasteiger partial charge in [-0.3, -0.25) is 0 Å². The minimum absolute atomic E-state index is 0.0645. The summed E-state index contributed by atoms with van der Waals surface area (Å²) in [6, 6.07) is 25.7. The van der Waals surface area contributed by atoms with E-state index in [-0.39, 0.29) is 24.4 Å². The van der Waals surface area contributed by atoms with Gasteiger partial charge in [0.15, 0.2) is 0 Å². The van der Waals surface area contributed by atoms with Crippen LogP contribution in [0, 0.1) is 11.3 Å². The van der Waals surface area contributed by atoms with E-state index in [4.69, 9.17) is 14.2 Å². The van der Waals surface area contributed by atoms with E-state index in [0.717, 1.165) is 61.0 Å². The van der Waals surface area contributed by atoms with Crippen LogP contribution in [0.4, 0.5) is 11.4 Å². The molecule has 3 atom stereocenters. The maximum Gasteiger partial charge on any atom is 0.350 e. The summed E-state index contributed by atoms with van der Waals surface area (Å²) in [5, 5.41) is 22.0. The SMILES string of the molecule is CCC(C)n1ncn(-c2ccc(N3CCN(c4ccc(OC[C@@H]5CO[C@@](Cn6nccn6)(c6ccc(C#N)cc6)O5)cc4)CC3)cc2)c1=O. The first-order chi connectivity index (χ1) is 23.9. The Morgan fingerprint density at radius 3 is 2.12 bits per heavy atom. The van der Waals surface area contributed by atoms with Gasteiger partial charge < -0.3 is 24.0 Å². The molecule has 252 valence electrons. The highest BCUT2D eigenvalue weighted by atomic mass is 16.8. The summed E-state index contributed by atoms with van der Waals surface area (Å²) in [6.45, 7) is 8.52. The first-order valence-corrected chi connectivity index (χ1v) is 16.6. The summed E-state index contributed by atoms with van der Waals surface area (Å²) < 4.78 is 22.0. The van der Waals surface area contributed by atoms with Crippen LogP contribution in [0.3, 0.4) is 0 Å². The number of benzene rings is 3. The van der Waals surface area contributed by atoms with Gasteiger partial charge in [0.1, 0.15) is 31.3 Å². The van der Waals surface area contributed by atoms with Gasteiger partial charge in [-0.15, -0.1) is 0 Å². The first-order valence-electron chi connectivity index (χ1n) is 16.6. The fraction of sp³-hybridized carbons (Fsp3) is 0.361. The maximum absolute atomic E-state index is 12.8. The fourth-order valence-electron chi connectivity index (χ4n) is 6.24. The molecule has 0 radical (unpaired) electrons. The predicted octanol–water partition coefficient (Wildman–Crippen LogP) is 4.14. The second-order valence-corrected chi connectivity index (χ2v) is 12.3. The highest BCUT2D eigenvalue weighted by molar-refractivity contribution is 5.54. The quantitative estimate of drug-likeness (QED) is 0.204. The topological polar surface area (TPSA) is 128 Å².